The van der Waals surface area contributed by atoms with Crippen molar-refractivity contribution < 1.29 is 14.0 Å². The van der Waals surface area contributed by atoms with Crippen LogP contribution in [0.25, 0.3) is 11.5 Å². The topological polar surface area (TPSA) is 82.3 Å². The Morgan fingerprint density at radius 3 is 2.85 bits per heavy atom. The van der Waals surface area contributed by atoms with Crippen LogP contribution in [0.2, 0.25) is 0 Å². The van der Waals surface area contributed by atoms with E-state index < -0.39 is 0 Å². The van der Waals surface area contributed by atoms with Crippen LogP contribution in [0.1, 0.15) is 18.7 Å². The molecule has 1 aliphatic rings. The van der Waals surface area contributed by atoms with Gasteiger partial charge in [0.05, 0.1) is 12.2 Å². The molecule has 0 spiro atoms. The Hall–Kier alpha value is -2.93. The number of aromatic nitrogens is 3. The van der Waals surface area contributed by atoms with Crippen molar-refractivity contribution >= 4 is 5.82 Å². The second-order valence-electron chi connectivity index (χ2n) is 6.51. The summed E-state index contributed by atoms with van der Waals surface area (Å²) in [5.74, 6) is 3.07. The van der Waals surface area contributed by atoms with E-state index in [9.17, 15) is 0 Å². The molecule has 0 saturated carbocycles. The molecule has 0 bridgehead atoms. The third kappa shape index (κ3) is 4.83. The van der Waals surface area contributed by atoms with Gasteiger partial charge in [-0.15, -0.1) is 0 Å². The third-order valence-corrected chi connectivity index (χ3v) is 4.42. The van der Waals surface area contributed by atoms with Gasteiger partial charge in [-0.2, -0.15) is 4.98 Å². The third-order valence-electron chi connectivity index (χ3n) is 4.42. The van der Waals surface area contributed by atoms with Crippen LogP contribution in [0.3, 0.4) is 0 Å². The fourth-order valence-corrected chi connectivity index (χ4v) is 2.94. The highest BCUT2D eigenvalue weighted by atomic mass is 16.5. The Kier molecular flexibility index (Phi) is 5.59. The first-order valence-electron chi connectivity index (χ1n) is 9.15. The van der Waals surface area contributed by atoms with E-state index >= 15 is 0 Å². The average Bonchev–Trinajstić information content (AvgIpc) is 3.22. The molecule has 2 aromatic heterocycles. The highest BCUT2D eigenvalue weighted by molar-refractivity contribution is 5.54. The van der Waals surface area contributed by atoms with Crippen molar-refractivity contribution in [2.24, 2.45) is 5.92 Å². The number of hydrogen-bond acceptors (Lipinski definition) is 7. The molecular formula is C20H22N4O3. The van der Waals surface area contributed by atoms with Crippen LogP contribution in [0.15, 0.2) is 53.2 Å². The minimum Gasteiger partial charge on any atom is -0.485 e. The number of nitrogens with one attached hydrogen (secondary N) is 1. The molecule has 0 radical (unpaired) electrons. The summed E-state index contributed by atoms with van der Waals surface area (Å²) >= 11 is 0. The van der Waals surface area contributed by atoms with E-state index in [1.807, 2.05) is 42.5 Å². The Labute approximate surface area is 157 Å². The van der Waals surface area contributed by atoms with Gasteiger partial charge in [-0.25, -0.2) is 4.98 Å². The van der Waals surface area contributed by atoms with Crippen molar-refractivity contribution in [1.82, 2.24) is 15.1 Å². The number of para-hydroxylation sites is 1. The van der Waals surface area contributed by atoms with E-state index in [0.717, 1.165) is 43.3 Å². The van der Waals surface area contributed by atoms with Crippen LogP contribution in [0.4, 0.5) is 5.82 Å². The summed E-state index contributed by atoms with van der Waals surface area (Å²) in [5, 5.41) is 7.32. The predicted octanol–water partition coefficient (Wildman–Crippen LogP) is 3.55. The van der Waals surface area contributed by atoms with Crippen molar-refractivity contribution in [2.75, 3.05) is 25.1 Å². The lowest BCUT2D eigenvalue weighted by Gasteiger charge is -2.22. The molecule has 4 rings (SSSR count). The van der Waals surface area contributed by atoms with Crippen LogP contribution in [0, 0.1) is 5.92 Å². The summed E-state index contributed by atoms with van der Waals surface area (Å²) in [4.78, 5) is 8.80. The van der Waals surface area contributed by atoms with Gasteiger partial charge in [-0.05, 0) is 43.0 Å². The van der Waals surface area contributed by atoms with Crippen LogP contribution in [-0.2, 0) is 11.3 Å². The first-order valence-corrected chi connectivity index (χ1v) is 9.15. The number of benzene rings is 1. The van der Waals surface area contributed by atoms with Gasteiger partial charge < -0.3 is 19.3 Å². The lowest BCUT2D eigenvalue weighted by molar-refractivity contribution is 0.0595. The van der Waals surface area contributed by atoms with E-state index in [0.29, 0.717) is 17.6 Å². The molecule has 3 heterocycles. The molecule has 1 saturated heterocycles. The zero-order valence-corrected chi connectivity index (χ0v) is 15.0. The van der Waals surface area contributed by atoms with Gasteiger partial charge in [-0.1, -0.05) is 23.4 Å². The number of pyridine rings is 1. The number of anilines is 1. The van der Waals surface area contributed by atoms with Gasteiger partial charge in [0.25, 0.3) is 5.89 Å². The maximum atomic E-state index is 5.63. The van der Waals surface area contributed by atoms with Gasteiger partial charge in [0.1, 0.15) is 11.6 Å². The molecule has 7 heteroatoms. The normalized spacial score (nSPS) is 16.8. The highest BCUT2D eigenvalue weighted by Crippen LogP contribution is 2.19. The number of ether oxygens (including phenoxy) is 2. The molecular weight excluding hydrogens is 344 g/mol. The molecule has 1 N–H and O–H groups in total. The lowest BCUT2D eigenvalue weighted by Crippen LogP contribution is -2.24. The Morgan fingerprint density at radius 1 is 1.15 bits per heavy atom. The largest absolute Gasteiger partial charge is 0.485 e. The monoisotopic (exact) mass is 366 g/mol. The van der Waals surface area contributed by atoms with Gasteiger partial charge in [0, 0.05) is 19.3 Å². The van der Waals surface area contributed by atoms with Gasteiger partial charge in [-0.3, -0.25) is 0 Å². The standard InChI is InChI=1S/C20H22N4O3/c1-2-6-17(7-3-1)26-14-19-23-20(27-24-19)16-8-9-18(22-12-16)21-11-15-5-4-10-25-13-15/h1-3,6-9,12,15H,4-5,10-11,13-14H2,(H,21,22)/t15-/m0/s1. The SMILES string of the molecule is c1ccc(OCc2noc(-c3ccc(NC[C@@H]4CCCOC4)nc3)n2)cc1. The van der Waals surface area contributed by atoms with Crippen LogP contribution < -0.4 is 10.1 Å². The minimum atomic E-state index is 0.254. The Morgan fingerprint density at radius 2 is 2.07 bits per heavy atom. The summed E-state index contributed by atoms with van der Waals surface area (Å²) in [7, 11) is 0. The van der Waals surface area contributed by atoms with Crippen LogP contribution in [-0.4, -0.2) is 34.9 Å². The smallest absolute Gasteiger partial charge is 0.259 e. The summed E-state index contributed by atoms with van der Waals surface area (Å²) in [6.07, 6.45) is 4.06. The fourth-order valence-electron chi connectivity index (χ4n) is 2.94. The second kappa shape index (κ2) is 8.64. The zero-order valence-electron chi connectivity index (χ0n) is 15.0. The van der Waals surface area contributed by atoms with Crippen molar-refractivity contribution in [3.05, 3.63) is 54.5 Å². The molecule has 7 nitrogen and oxygen atoms in total. The lowest BCUT2D eigenvalue weighted by atomic mass is 10.0. The maximum absolute atomic E-state index is 5.63. The van der Waals surface area contributed by atoms with E-state index in [4.69, 9.17) is 14.0 Å². The minimum absolute atomic E-state index is 0.254. The van der Waals surface area contributed by atoms with E-state index in [1.165, 1.54) is 6.42 Å². The van der Waals surface area contributed by atoms with Crippen molar-refractivity contribution in [3.63, 3.8) is 0 Å². The fraction of sp³-hybridized carbons (Fsp3) is 0.350. The zero-order chi connectivity index (χ0) is 18.3. The summed E-state index contributed by atoms with van der Waals surface area (Å²) in [5.41, 5.74) is 0.778. The molecule has 1 aromatic carbocycles. The number of nitrogens with zero attached hydrogens (tertiary/aromatic N) is 3. The molecule has 0 amide bonds. The van der Waals surface area contributed by atoms with Gasteiger partial charge >= 0.3 is 0 Å². The Balaban J connectivity index is 1.31. The quantitative estimate of drug-likeness (QED) is 0.685. The van der Waals surface area contributed by atoms with Crippen LogP contribution in [0.5, 0.6) is 5.75 Å². The van der Waals surface area contributed by atoms with E-state index in [-0.39, 0.29) is 6.61 Å². The molecule has 1 fully saturated rings. The molecule has 1 atom stereocenters. The molecule has 140 valence electrons. The maximum Gasteiger partial charge on any atom is 0.259 e. The van der Waals surface area contributed by atoms with Crippen LogP contribution >= 0.6 is 0 Å². The second-order valence-corrected chi connectivity index (χ2v) is 6.51. The molecule has 27 heavy (non-hydrogen) atoms. The first-order chi connectivity index (χ1) is 13.4. The molecule has 3 aromatic rings. The molecule has 0 aliphatic carbocycles. The Bertz CT molecular complexity index is 830. The van der Waals surface area contributed by atoms with Crippen molar-refractivity contribution in [2.45, 2.75) is 19.4 Å². The van der Waals surface area contributed by atoms with Crippen molar-refractivity contribution in [1.29, 1.82) is 0 Å². The molecule has 1 aliphatic heterocycles. The van der Waals surface area contributed by atoms with Gasteiger partial charge in [0.2, 0.25) is 5.82 Å². The summed E-state index contributed by atoms with van der Waals surface area (Å²) in [6.45, 7) is 2.82. The van der Waals surface area contributed by atoms with E-state index in [1.54, 1.807) is 6.20 Å². The van der Waals surface area contributed by atoms with Gasteiger partial charge in [0.15, 0.2) is 6.61 Å². The van der Waals surface area contributed by atoms with E-state index in [2.05, 4.69) is 20.4 Å². The first kappa shape index (κ1) is 17.5. The summed E-state index contributed by atoms with van der Waals surface area (Å²) in [6, 6.07) is 13.4. The molecule has 0 unspecified atom stereocenters. The predicted molar refractivity (Wildman–Crippen MR) is 100 cm³/mol. The number of rotatable bonds is 7. The number of hydrogen-bond donors (Lipinski definition) is 1. The summed E-state index contributed by atoms with van der Waals surface area (Å²) < 4.78 is 16.4. The van der Waals surface area contributed by atoms with Crippen molar-refractivity contribution in [3.8, 4) is 17.2 Å². The average molecular weight is 366 g/mol. The highest BCUT2D eigenvalue weighted by Gasteiger charge is 2.14.